The van der Waals surface area contributed by atoms with E-state index in [9.17, 15) is 22.8 Å². The molecule has 1 aliphatic heterocycles. The Morgan fingerprint density at radius 3 is 2.33 bits per heavy atom. The molecule has 2 unspecified atom stereocenters. The Morgan fingerprint density at radius 1 is 1.33 bits per heavy atom. The molecule has 1 N–H and O–H groups in total. The third-order valence-electron chi connectivity index (χ3n) is 2.90. The van der Waals surface area contributed by atoms with E-state index in [1.807, 2.05) is 0 Å². The number of hydrogen-bond donors (Lipinski definition) is 1. The van der Waals surface area contributed by atoms with Crippen LogP contribution in [0.3, 0.4) is 0 Å². The maximum atomic E-state index is 12.4. The first-order chi connectivity index (χ1) is 8.13. The van der Waals surface area contributed by atoms with Gasteiger partial charge in [0.25, 0.3) is 0 Å². The number of alkyl halides is 3. The molecule has 1 fully saturated rings. The zero-order valence-corrected chi connectivity index (χ0v) is 10.5. The molecule has 0 aromatic heterocycles. The highest BCUT2D eigenvalue weighted by molar-refractivity contribution is 5.95. The van der Waals surface area contributed by atoms with E-state index >= 15 is 0 Å². The molecule has 0 aromatic rings. The maximum Gasteiger partial charge on any atom is 0.391 e. The van der Waals surface area contributed by atoms with Gasteiger partial charge in [0.15, 0.2) is 0 Å². The Hall–Kier alpha value is -1.27. The van der Waals surface area contributed by atoms with Gasteiger partial charge in [0, 0.05) is 6.04 Å². The first kappa shape index (κ1) is 14.8. The van der Waals surface area contributed by atoms with Crippen LogP contribution in [0.5, 0.6) is 0 Å². The molecule has 104 valence electrons. The van der Waals surface area contributed by atoms with Crippen LogP contribution in [0.25, 0.3) is 0 Å². The van der Waals surface area contributed by atoms with E-state index in [1.54, 1.807) is 13.8 Å². The predicted octanol–water partition coefficient (Wildman–Crippen LogP) is 1.31. The molecular weight excluding hydrogens is 249 g/mol. The number of carbonyl (C=O) groups excluding carboxylic acids is 2. The lowest BCUT2D eigenvalue weighted by Crippen LogP contribution is -2.63. The Labute approximate surface area is 104 Å². The average molecular weight is 266 g/mol. The Balaban J connectivity index is 2.92. The fourth-order valence-corrected chi connectivity index (χ4v) is 2.22. The van der Waals surface area contributed by atoms with Gasteiger partial charge in [-0.05, 0) is 12.8 Å². The quantitative estimate of drug-likeness (QED) is 0.837. The highest BCUT2D eigenvalue weighted by Crippen LogP contribution is 2.27. The van der Waals surface area contributed by atoms with E-state index in [0.29, 0.717) is 0 Å². The van der Waals surface area contributed by atoms with Crippen molar-refractivity contribution in [1.29, 1.82) is 0 Å². The second kappa shape index (κ2) is 5.16. The molecule has 1 aliphatic rings. The molecule has 1 saturated heterocycles. The molecule has 0 bridgehead atoms. The van der Waals surface area contributed by atoms with Crippen molar-refractivity contribution in [2.45, 2.75) is 45.5 Å². The number of rotatable bonds is 3. The zero-order valence-electron chi connectivity index (χ0n) is 10.5. The van der Waals surface area contributed by atoms with Gasteiger partial charge >= 0.3 is 6.18 Å². The summed E-state index contributed by atoms with van der Waals surface area (Å²) in [7, 11) is 0. The number of nitrogens with zero attached hydrogens (tertiary/aromatic N) is 1. The van der Waals surface area contributed by atoms with E-state index < -0.39 is 36.5 Å². The number of halogens is 3. The van der Waals surface area contributed by atoms with E-state index in [-0.39, 0.29) is 12.5 Å². The molecule has 0 spiro atoms. The minimum Gasteiger partial charge on any atom is -0.345 e. The maximum absolute atomic E-state index is 12.4. The summed E-state index contributed by atoms with van der Waals surface area (Å²) in [5, 5.41) is 2.40. The molecule has 0 aromatic carbocycles. The van der Waals surface area contributed by atoms with Gasteiger partial charge in [-0.2, -0.15) is 13.2 Å². The Morgan fingerprint density at radius 2 is 1.89 bits per heavy atom. The summed E-state index contributed by atoms with van der Waals surface area (Å²) in [6.45, 7) is 4.50. The minimum absolute atomic E-state index is 0.232. The summed E-state index contributed by atoms with van der Waals surface area (Å²) < 4.78 is 37.1. The summed E-state index contributed by atoms with van der Waals surface area (Å²) in [4.78, 5) is 24.5. The molecule has 7 heteroatoms. The van der Waals surface area contributed by atoms with Crippen LogP contribution in [0, 0.1) is 5.92 Å². The molecule has 4 nitrogen and oxygen atoms in total. The van der Waals surface area contributed by atoms with Gasteiger partial charge in [0.1, 0.15) is 6.04 Å². The van der Waals surface area contributed by atoms with Gasteiger partial charge < -0.3 is 10.2 Å². The lowest BCUT2D eigenvalue weighted by Gasteiger charge is -2.41. The number of amides is 2. The van der Waals surface area contributed by atoms with Crippen LogP contribution in [-0.2, 0) is 9.59 Å². The van der Waals surface area contributed by atoms with E-state index in [4.69, 9.17) is 0 Å². The van der Waals surface area contributed by atoms with Crippen LogP contribution in [0.15, 0.2) is 0 Å². The second-order valence-corrected chi connectivity index (χ2v) is 4.88. The van der Waals surface area contributed by atoms with Crippen molar-refractivity contribution in [1.82, 2.24) is 10.2 Å². The molecule has 1 rings (SSSR count). The minimum atomic E-state index is -4.35. The zero-order chi connectivity index (χ0) is 14.1. The summed E-state index contributed by atoms with van der Waals surface area (Å²) in [6, 6.07) is -1.86. The molecule has 18 heavy (non-hydrogen) atoms. The standard InChI is InChI=1S/C11H17F3N2O2/c1-6(2)9-10(18)15-5-8(17)16(9)7(3)4-11(12,13)14/h6-7,9H,4-5H2,1-3H3,(H,15,18). The number of hydrogen-bond acceptors (Lipinski definition) is 2. The Bertz CT molecular complexity index is 342. The molecule has 2 amide bonds. The lowest BCUT2D eigenvalue weighted by atomic mass is 9.97. The lowest BCUT2D eigenvalue weighted by molar-refractivity contribution is -0.164. The third kappa shape index (κ3) is 3.36. The molecule has 0 aliphatic carbocycles. The fourth-order valence-electron chi connectivity index (χ4n) is 2.22. The highest BCUT2D eigenvalue weighted by Gasteiger charge is 2.42. The van der Waals surface area contributed by atoms with Crippen LogP contribution in [0.2, 0.25) is 0 Å². The predicted molar refractivity (Wildman–Crippen MR) is 58.6 cm³/mol. The topological polar surface area (TPSA) is 49.4 Å². The summed E-state index contributed by atoms with van der Waals surface area (Å²) in [5.74, 6) is -1.09. The van der Waals surface area contributed by atoms with Crippen LogP contribution < -0.4 is 5.32 Å². The van der Waals surface area contributed by atoms with Crippen LogP contribution in [0.1, 0.15) is 27.2 Å². The van der Waals surface area contributed by atoms with Gasteiger partial charge in [-0.15, -0.1) is 0 Å². The normalized spacial score (nSPS) is 23.3. The van der Waals surface area contributed by atoms with Crippen molar-refractivity contribution in [2.75, 3.05) is 6.54 Å². The van der Waals surface area contributed by atoms with Gasteiger partial charge in [0.05, 0.1) is 13.0 Å². The van der Waals surface area contributed by atoms with Gasteiger partial charge in [-0.1, -0.05) is 13.8 Å². The van der Waals surface area contributed by atoms with E-state index in [0.717, 1.165) is 4.90 Å². The SMILES string of the molecule is CC(C)C1C(=O)NCC(=O)N1C(C)CC(F)(F)F. The first-order valence-corrected chi connectivity index (χ1v) is 5.79. The first-order valence-electron chi connectivity index (χ1n) is 5.79. The van der Waals surface area contributed by atoms with Crippen molar-refractivity contribution in [3.8, 4) is 0 Å². The van der Waals surface area contributed by atoms with Crippen molar-refractivity contribution in [2.24, 2.45) is 5.92 Å². The van der Waals surface area contributed by atoms with Gasteiger partial charge in [-0.25, -0.2) is 0 Å². The molecule has 0 radical (unpaired) electrons. The van der Waals surface area contributed by atoms with Crippen molar-refractivity contribution < 1.29 is 22.8 Å². The summed E-state index contributed by atoms with van der Waals surface area (Å²) in [5.41, 5.74) is 0. The number of nitrogens with one attached hydrogen (secondary N) is 1. The second-order valence-electron chi connectivity index (χ2n) is 4.88. The van der Waals surface area contributed by atoms with Crippen molar-refractivity contribution in [3.05, 3.63) is 0 Å². The summed E-state index contributed by atoms with van der Waals surface area (Å²) in [6.07, 6.45) is -5.45. The monoisotopic (exact) mass is 266 g/mol. The largest absolute Gasteiger partial charge is 0.391 e. The molecule has 1 heterocycles. The molecule has 0 saturated carbocycles. The van der Waals surface area contributed by atoms with Crippen LogP contribution >= 0.6 is 0 Å². The Kier molecular flexibility index (Phi) is 4.24. The van der Waals surface area contributed by atoms with Crippen molar-refractivity contribution >= 4 is 11.8 Å². The summed E-state index contributed by atoms with van der Waals surface area (Å²) >= 11 is 0. The third-order valence-corrected chi connectivity index (χ3v) is 2.90. The number of carbonyl (C=O) groups is 2. The average Bonchev–Trinajstić information content (AvgIpc) is 2.17. The van der Waals surface area contributed by atoms with E-state index in [2.05, 4.69) is 5.32 Å². The van der Waals surface area contributed by atoms with E-state index in [1.165, 1.54) is 6.92 Å². The van der Waals surface area contributed by atoms with Gasteiger partial charge in [-0.3, -0.25) is 9.59 Å². The highest BCUT2D eigenvalue weighted by atomic mass is 19.4. The molecular formula is C11H17F3N2O2. The van der Waals surface area contributed by atoms with Crippen LogP contribution in [-0.4, -0.2) is 41.5 Å². The van der Waals surface area contributed by atoms with Gasteiger partial charge in [0.2, 0.25) is 11.8 Å². The van der Waals surface area contributed by atoms with Crippen molar-refractivity contribution in [3.63, 3.8) is 0 Å². The van der Waals surface area contributed by atoms with Crippen LogP contribution in [0.4, 0.5) is 13.2 Å². The molecule has 2 atom stereocenters. The fraction of sp³-hybridized carbons (Fsp3) is 0.818. The number of piperazine rings is 1. The smallest absolute Gasteiger partial charge is 0.345 e.